The molecule has 1 aromatic heterocycles. The summed E-state index contributed by atoms with van der Waals surface area (Å²) in [7, 11) is 1.58. The predicted octanol–water partition coefficient (Wildman–Crippen LogP) is 0.889. The molecule has 1 aromatic carbocycles. The zero-order valence-corrected chi connectivity index (χ0v) is 22.0. The molecule has 0 saturated carbocycles. The van der Waals surface area contributed by atoms with Gasteiger partial charge in [0.25, 0.3) is 11.8 Å². The maximum absolute atomic E-state index is 13.8. The van der Waals surface area contributed by atoms with Crippen molar-refractivity contribution in [1.29, 1.82) is 0 Å². The van der Waals surface area contributed by atoms with E-state index < -0.39 is 6.04 Å². The number of morpholine rings is 1. The second-order valence-corrected chi connectivity index (χ2v) is 10.0. The van der Waals surface area contributed by atoms with Crippen molar-refractivity contribution >= 4 is 29.1 Å². The third-order valence-electron chi connectivity index (χ3n) is 6.82. The van der Waals surface area contributed by atoms with Crippen molar-refractivity contribution in [3.8, 4) is 5.75 Å². The molecule has 0 radical (unpaired) electrons. The molecule has 2 atom stereocenters. The number of hydrogen-bond donors (Lipinski definition) is 2. The summed E-state index contributed by atoms with van der Waals surface area (Å²) in [6, 6.07) is 9.60. The van der Waals surface area contributed by atoms with Gasteiger partial charge in [0.1, 0.15) is 11.8 Å². The molecule has 4 rings (SSSR count). The van der Waals surface area contributed by atoms with Gasteiger partial charge in [0, 0.05) is 51.4 Å². The first-order valence-corrected chi connectivity index (χ1v) is 13.5. The van der Waals surface area contributed by atoms with Crippen LogP contribution in [0.3, 0.4) is 0 Å². The van der Waals surface area contributed by atoms with Gasteiger partial charge in [0.05, 0.1) is 31.2 Å². The van der Waals surface area contributed by atoms with Crippen molar-refractivity contribution in [3.63, 3.8) is 0 Å². The van der Waals surface area contributed by atoms with Gasteiger partial charge in [-0.05, 0) is 42.1 Å². The molecule has 10 nitrogen and oxygen atoms in total. The van der Waals surface area contributed by atoms with Gasteiger partial charge < -0.3 is 30.3 Å². The molecule has 2 fully saturated rings. The van der Waals surface area contributed by atoms with Crippen LogP contribution in [-0.4, -0.2) is 111 Å². The average molecular weight is 530 g/mol. The van der Waals surface area contributed by atoms with Crippen LogP contribution < -0.4 is 15.8 Å². The van der Waals surface area contributed by atoms with Crippen LogP contribution in [0.25, 0.3) is 0 Å². The number of nitrogens with zero attached hydrogens (tertiary/aromatic N) is 3. The zero-order valence-electron chi connectivity index (χ0n) is 21.1. The van der Waals surface area contributed by atoms with Crippen molar-refractivity contribution in [3.05, 3.63) is 52.2 Å². The number of methoxy groups -OCH3 is 1. The van der Waals surface area contributed by atoms with E-state index in [9.17, 15) is 14.4 Å². The highest BCUT2D eigenvalue weighted by molar-refractivity contribution is 7.12. The van der Waals surface area contributed by atoms with E-state index in [0.717, 1.165) is 13.1 Å². The predicted molar refractivity (Wildman–Crippen MR) is 141 cm³/mol. The quantitative estimate of drug-likeness (QED) is 0.469. The zero-order chi connectivity index (χ0) is 26.2. The summed E-state index contributed by atoms with van der Waals surface area (Å²) in [6.45, 7) is 5.03. The van der Waals surface area contributed by atoms with Gasteiger partial charge in [-0.25, -0.2) is 0 Å². The Bertz CT molecular complexity index is 1040. The van der Waals surface area contributed by atoms with Crippen LogP contribution in [0, 0.1) is 0 Å². The van der Waals surface area contributed by atoms with Crippen LogP contribution in [-0.2, 0) is 9.53 Å². The Labute approximate surface area is 221 Å². The van der Waals surface area contributed by atoms with Crippen LogP contribution >= 0.6 is 11.3 Å². The van der Waals surface area contributed by atoms with Gasteiger partial charge in [0.2, 0.25) is 5.91 Å². The number of thiophene rings is 1. The van der Waals surface area contributed by atoms with E-state index in [1.807, 2.05) is 16.3 Å². The highest BCUT2D eigenvalue weighted by Crippen LogP contribution is 2.27. The third kappa shape index (κ3) is 6.67. The molecule has 2 aliphatic rings. The molecule has 200 valence electrons. The van der Waals surface area contributed by atoms with Gasteiger partial charge in [0.15, 0.2) is 0 Å². The van der Waals surface area contributed by atoms with E-state index in [1.165, 1.54) is 11.3 Å². The summed E-state index contributed by atoms with van der Waals surface area (Å²) in [5.74, 6) is 0.0902. The van der Waals surface area contributed by atoms with Crippen LogP contribution in [0.1, 0.15) is 26.5 Å². The lowest BCUT2D eigenvalue weighted by Gasteiger charge is -2.33. The monoisotopic (exact) mass is 529 g/mol. The molecule has 0 spiro atoms. The second-order valence-electron chi connectivity index (χ2n) is 9.10. The van der Waals surface area contributed by atoms with Gasteiger partial charge in [-0.3, -0.25) is 19.3 Å². The van der Waals surface area contributed by atoms with Gasteiger partial charge in [-0.15, -0.1) is 11.3 Å². The van der Waals surface area contributed by atoms with Crippen molar-refractivity contribution in [2.24, 2.45) is 5.73 Å². The molecule has 2 unspecified atom stereocenters. The first-order valence-electron chi connectivity index (χ1n) is 12.6. The minimum Gasteiger partial charge on any atom is -0.497 e. The molecule has 11 heteroatoms. The summed E-state index contributed by atoms with van der Waals surface area (Å²) < 4.78 is 10.7. The normalized spacial score (nSPS) is 20.0. The van der Waals surface area contributed by atoms with E-state index in [-0.39, 0.29) is 30.3 Å². The van der Waals surface area contributed by atoms with Gasteiger partial charge >= 0.3 is 0 Å². The Morgan fingerprint density at radius 2 is 1.95 bits per heavy atom. The molecular formula is C26H35N5O5S. The highest BCUT2D eigenvalue weighted by Gasteiger charge is 2.43. The number of hydrogen-bond acceptors (Lipinski definition) is 8. The number of rotatable bonds is 10. The Hall–Kier alpha value is -2.99. The lowest BCUT2D eigenvalue weighted by Crippen LogP contribution is -2.48. The fraction of sp³-hybridized carbons (Fsp3) is 0.500. The molecular weight excluding hydrogens is 494 g/mol. The minimum atomic E-state index is -0.680. The van der Waals surface area contributed by atoms with Crippen molar-refractivity contribution in [1.82, 2.24) is 20.0 Å². The number of carbonyl (C=O) groups excluding carboxylic acids is 3. The first kappa shape index (κ1) is 27.1. The molecule has 2 aliphatic heterocycles. The second kappa shape index (κ2) is 13.0. The maximum Gasteiger partial charge on any atom is 0.264 e. The molecule has 2 aromatic rings. The molecule has 3 amide bonds. The van der Waals surface area contributed by atoms with Gasteiger partial charge in [-0.2, -0.15) is 0 Å². The van der Waals surface area contributed by atoms with E-state index in [2.05, 4.69) is 10.2 Å². The van der Waals surface area contributed by atoms with Crippen LogP contribution in [0.15, 0.2) is 41.8 Å². The third-order valence-corrected chi connectivity index (χ3v) is 7.68. The topological polar surface area (TPSA) is 117 Å². The average Bonchev–Trinajstić information content (AvgIpc) is 3.63. The van der Waals surface area contributed by atoms with Crippen molar-refractivity contribution < 1.29 is 23.9 Å². The Kier molecular flexibility index (Phi) is 9.51. The number of carbonyl (C=O) groups is 3. The Morgan fingerprint density at radius 1 is 1.19 bits per heavy atom. The summed E-state index contributed by atoms with van der Waals surface area (Å²) >= 11 is 1.34. The molecule has 0 aliphatic carbocycles. The molecule has 3 heterocycles. The fourth-order valence-electron chi connectivity index (χ4n) is 4.79. The SMILES string of the molecule is COc1ccc(C(=O)N(CCN2CCOCC2)C2CC(C(=O)NCCN)N(C(=O)c3cccs3)C2)cc1. The van der Waals surface area contributed by atoms with E-state index in [1.54, 1.807) is 42.3 Å². The number of nitrogens with one attached hydrogen (secondary N) is 1. The van der Waals surface area contributed by atoms with E-state index in [0.29, 0.717) is 62.0 Å². The van der Waals surface area contributed by atoms with Gasteiger partial charge in [-0.1, -0.05) is 6.07 Å². The number of benzene rings is 1. The van der Waals surface area contributed by atoms with Crippen LogP contribution in [0.2, 0.25) is 0 Å². The highest BCUT2D eigenvalue weighted by atomic mass is 32.1. The lowest BCUT2D eigenvalue weighted by molar-refractivity contribution is -0.124. The first-order chi connectivity index (χ1) is 18.0. The summed E-state index contributed by atoms with van der Waals surface area (Å²) in [5, 5.41) is 4.67. The molecule has 0 bridgehead atoms. The fourth-order valence-corrected chi connectivity index (χ4v) is 5.47. The summed E-state index contributed by atoms with van der Waals surface area (Å²) in [6.07, 6.45) is 0.360. The largest absolute Gasteiger partial charge is 0.497 e. The summed E-state index contributed by atoms with van der Waals surface area (Å²) in [5.41, 5.74) is 6.13. The number of ether oxygens (including phenoxy) is 2. The van der Waals surface area contributed by atoms with Crippen molar-refractivity contribution in [2.75, 3.05) is 66.1 Å². The smallest absolute Gasteiger partial charge is 0.264 e. The summed E-state index contributed by atoms with van der Waals surface area (Å²) in [4.78, 5) is 46.5. The van der Waals surface area contributed by atoms with E-state index in [4.69, 9.17) is 15.2 Å². The van der Waals surface area contributed by atoms with E-state index >= 15 is 0 Å². The number of amides is 3. The van der Waals surface area contributed by atoms with Crippen molar-refractivity contribution in [2.45, 2.75) is 18.5 Å². The Morgan fingerprint density at radius 3 is 2.59 bits per heavy atom. The number of nitrogens with two attached hydrogens (primary N) is 1. The molecule has 3 N–H and O–H groups in total. The molecule has 2 saturated heterocycles. The van der Waals surface area contributed by atoms with Crippen LogP contribution in [0.5, 0.6) is 5.75 Å². The standard InChI is InChI=1S/C26H35N5O5S/c1-35-21-6-4-19(5-7-21)25(33)30(11-10-29-12-14-36-15-13-29)20-17-22(24(32)28-9-8-27)31(18-20)26(34)23-3-2-16-37-23/h2-7,16,20,22H,8-15,17-18,27H2,1H3,(H,28,32). The minimum absolute atomic E-state index is 0.132. The van der Waals surface area contributed by atoms with Crippen LogP contribution in [0.4, 0.5) is 0 Å². The maximum atomic E-state index is 13.8. The molecule has 37 heavy (non-hydrogen) atoms. The lowest BCUT2D eigenvalue weighted by atomic mass is 10.1. The Balaban J connectivity index is 1.58. The number of likely N-dealkylation sites (tertiary alicyclic amines) is 1.